The van der Waals surface area contributed by atoms with E-state index in [1.54, 1.807) is 43.5 Å². The lowest BCUT2D eigenvalue weighted by Gasteiger charge is -2.39. The molecule has 3 aromatic rings. The Labute approximate surface area is 346 Å². The van der Waals surface area contributed by atoms with Crippen LogP contribution in [0.2, 0.25) is 5.02 Å². The van der Waals surface area contributed by atoms with Crippen molar-refractivity contribution in [2.75, 3.05) is 69.8 Å². The Morgan fingerprint density at radius 2 is 1.74 bits per heavy atom. The van der Waals surface area contributed by atoms with Gasteiger partial charge in [-0.1, -0.05) is 37.4 Å². The predicted octanol–water partition coefficient (Wildman–Crippen LogP) is 4.99. The number of anilines is 2. The van der Waals surface area contributed by atoms with E-state index in [4.69, 9.17) is 21.6 Å². The molecule has 2 aromatic heterocycles. The molecule has 3 saturated heterocycles. The van der Waals surface area contributed by atoms with Gasteiger partial charge in [0.2, 0.25) is 11.8 Å². The van der Waals surface area contributed by atoms with Crippen LogP contribution in [0.15, 0.2) is 60.9 Å². The third-order valence-electron chi connectivity index (χ3n) is 11.6. The lowest BCUT2D eigenvalue weighted by molar-refractivity contribution is -0.139. The highest BCUT2D eigenvalue weighted by Gasteiger charge is 2.31. The van der Waals surface area contributed by atoms with E-state index in [0.29, 0.717) is 46.5 Å². The van der Waals surface area contributed by atoms with Crippen molar-refractivity contribution in [1.82, 2.24) is 35.6 Å². The van der Waals surface area contributed by atoms with Crippen molar-refractivity contribution in [3.8, 4) is 11.8 Å². The van der Waals surface area contributed by atoms with E-state index in [0.717, 1.165) is 88.7 Å². The van der Waals surface area contributed by atoms with Crippen LogP contribution in [0.25, 0.3) is 0 Å². The van der Waals surface area contributed by atoms with Gasteiger partial charge in [0, 0.05) is 82.6 Å². The van der Waals surface area contributed by atoms with Gasteiger partial charge in [-0.25, -0.2) is 0 Å². The molecule has 0 radical (unpaired) electrons. The summed E-state index contributed by atoms with van der Waals surface area (Å²) in [5, 5.41) is 23.5. The lowest BCUT2D eigenvalue weighted by Crippen LogP contribution is -2.50. The fourth-order valence-electron chi connectivity index (χ4n) is 8.08. The summed E-state index contributed by atoms with van der Waals surface area (Å²) in [5.41, 5.74) is 3.37. The molecule has 3 aliphatic heterocycles. The number of piperazine rings is 1. The van der Waals surface area contributed by atoms with Gasteiger partial charge in [-0.15, -0.1) is 10.2 Å². The molecule has 14 nitrogen and oxygen atoms in total. The molecule has 5 heterocycles. The number of allylic oxidation sites excluding steroid dienone is 1. The van der Waals surface area contributed by atoms with Gasteiger partial charge >= 0.3 is 0 Å². The van der Waals surface area contributed by atoms with Crippen molar-refractivity contribution < 1.29 is 19.1 Å². The summed E-state index contributed by atoms with van der Waals surface area (Å²) in [6.07, 6.45) is 11.2. The van der Waals surface area contributed by atoms with Gasteiger partial charge < -0.3 is 30.1 Å². The molecule has 0 spiro atoms. The molecular formula is C43H55ClN10O4. The minimum absolute atomic E-state index is 0.112. The molecule has 308 valence electrons. The maximum absolute atomic E-state index is 13.0. The average Bonchev–Trinajstić information content (AvgIpc) is 3.24. The van der Waals surface area contributed by atoms with E-state index >= 15 is 0 Å². The fourth-order valence-corrected chi connectivity index (χ4v) is 8.29. The van der Waals surface area contributed by atoms with Crippen LogP contribution in [0.4, 0.5) is 11.5 Å². The Bertz CT molecular complexity index is 1930. The number of nitrogens with one attached hydrogen (secondary N) is 2. The van der Waals surface area contributed by atoms with E-state index in [1.165, 1.54) is 19.3 Å². The van der Waals surface area contributed by atoms with Crippen LogP contribution < -0.4 is 25.2 Å². The Morgan fingerprint density at radius 3 is 2.40 bits per heavy atom. The predicted molar refractivity (Wildman–Crippen MR) is 224 cm³/mol. The summed E-state index contributed by atoms with van der Waals surface area (Å²) in [4.78, 5) is 51.2. The van der Waals surface area contributed by atoms with Gasteiger partial charge in [-0.05, 0) is 80.8 Å². The third-order valence-corrected chi connectivity index (χ3v) is 11.9. The van der Waals surface area contributed by atoms with E-state index in [9.17, 15) is 14.4 Å². The maximum Gasteiger partial charge on any atom is 0.272 e. The lowest BCUT2D eigenvalue weighted by atomic mass is 9.95. The van der Waals surface area contributed by atoms with Crippen molar-refractivity contribution in [2.24, 2.45) is 5.92 Å². The zero-order chi connectivity index (χ0) is 41.0. The van der Waals surface area contributed by atoms with Crippen molar-refractivity contribution in [1.29, 1.82) is 5.26 Å². The number of methoxy groups -OCH3 is 1. The normalized spacial score (nSPS) is 19.3. The molecule has 3 amide bonds. The number of pyridine rings is 1. The Morgan fingerprint density at radius 1 is 0.983 bits per heavy atom. The number of nitriles is 1. The number of amides is 3. The van der Waals surface area contributed by atoms with Gasteiger partial charge in [0.1, 0.15) is 17.9 Å². The van der Waals surface area contributed by atoms with Gasteiger partial charge in [0.15, 0.2) is 11.5 Å². The number of carbonyl (C=O) groups is 3. The molecule has 1 saturated carbocycles. The molecular weight excluding hydrogens is 756 g/mol. The minimum Gasteiger partial charge on any atom is -0.497 e. The molecule has 1 aliphatic carbocycles. The topological polar surface area (TPSA) is 160 Å². The summed E-state index contributed by atoms with van der Waals surface area (Å²) >= 11 is 5.71. The Hall–Kier alpha value is -5.26. The molecule has 1 unspecified atom stereocenters. The minimum atomic E-state index is -0.470. The summed E-state index contributed by atoms with van der Waals surface area (Å²) in [6, 6.07) is 14.5. The van der Waals surface area contributed by atoms with Crippen LogP contribution >= 0.6 is 11.6 Å². The number of likely N-dealkylation sites (N-methyl/N-ethyl adjacent to an activating group) is 1. The SMILES string of the molecule is C=C1CCC(N(C)C(=O)Cc2cc(N3CCN(CC4CCN(c5ccc(C(=O)NC6CCCCC6)nn5)CC4)CC3)ccn2)C(=O)N1.COc1ccc(C#N)c(Cl)c1. The van der Waals surface area contributed by atoms with Crippen molar-refractivity contribution in [3.05, 3.63) is 82.9 Å². The molecule has 1 aromatic carbocycles. The number of ether oxygens (including phenoxy) is 1. The molecule has 2 N–H and O–H groups in total. The number of hydrogen-bond donors (Lipinski definition) is 2. The maximum atomic E-state index is 13.0. The number of carbonyl (C=O) groups excluding carboxylic acids is 3. The first-order valence-corrected chi connectivity index (χ1v) is 20.8. The molecule has 1 atom stereocenters. The number of benzene rings is 1. The summed E-state index contributed by atoms with van der Waals surface area (Å²) < 4.78 is 4.90. The molecule has 4 aliphatic rings. The first kappa shape index (κ1) is 42.3. The van der Waals surface area contributed by atoms with E-state index < -0.39 is 6.04 Å². The van der Waals surface area contributed by atoms with E-state index in [2.05, 4.69) is 47.1 Å². The Kier molecular flexibility index (Phi) is 14.9. The van der Waals surface area contributed by atoms with Gasteiger partial charge in [0.25, 0.3) is 5.91 Å². The van der Waals surface area contributed by atoms with Gasteiger partial charge in [-0.2, -0.15) is 5.26 Å². The van der Waals surface area contributed by atoms with Crippen molar-refractivity contribution >= 4 is 40.8 Å². The summed E-state index contributed by atoms with van der Waals surface area (Å²) in [6.45, 7) is 10.7. The number of hydrogen-bond acceptors (Lipinski definition) is 11. The van der Waals surface area contributed by atoms with Crippen LogP contribution in [0.1, 0.15) is 79.5 Å². The molecule has 15 heteroatoms. The molecule has 0 bridgehead atoms. The first-order valence-electron chi connectivity index (χ1n) is 20.4. The zero-order valence-electron chi connectivity index (χ0n) is 33.7. The zero-order valence-corrected chi connectivity index (χ0v) is 34.4. The Balaban J connectivity index is 0.000000447. The first-order chi connectivity index (χ1) is 28.1. The number of piperidine rings is 2. The van der Waals surface area contributed by atoms with Crippen LogP contribution in [0, 0.1) is 17.2 Å². The molecule has 4 fully saturated rings. The van der Waals surface area contributed by atoms with Crippen molar-refractivity contribution in [2.45, 2.75) is 76.3 Å². The van der Waals surface area contributed by atoms with Crippen LogP contribution in [-0.2, 0) is 16.0 Å². The van der Waals surface area contributed by atoms with Crippen molar-refractivity contribution in [3.63, 3.8) is 0 Å². The van der Waals surface area contributed by atoms with Gasteiger partial charge in [-0.3, -0.25) is 24.3 Å². The molecule has 7 rings (SSSR count). The van der Waals surface area contributed by atoms with E-state index in [-0.39, 0.29) is 30.2 Å². The largest absolute Gasteiger partial charge is 0.497 e. The second-order valence-corrected chi connectivity index (χ2v) is 16.0. The average molecular weight is 811 g/mol. The fraction of sp³-hybridized carbons (Fsp3) is 0.512. The standard InChI is InChI=1S/C35H49N9O3.C8H6ClNO/c1-25-8-10-31(35(47)37-25)41(2)33(45)23-28-22-29(12-15-36-28)43-20-18-42(19-21-43)24-26-13-16-44(17-14-26)32-11-9-30(39-40-32)34(46)38-27-6-4-3-5-7-27;1-11-7-3-2-6(5-10)8(9)4-7/h9,11-12,15,22,26-27,31H,1,3-8,10,13-14,16-21,23-24H2,2H3,(H,37,47)(H,38,46);2-4H,1H3. The smallest absolute Gasteiger partial charge is 0.272 e. The number of rotatable bonds is 10. The van der Waals surface area contributed by atoms with E-state index in [1.807, 2.05) is 30.3 Å². The number of nitrogens with zero attached hydrogens (tertiary/aromatic N) is 8. The van der Waals surface area contributed by atoms with Crippen LogP contribution in [0.5, 0.6) is 5.75 Å². The second-order valence-electron chi connectivity index (χ2n) is 15.6. The van der Waals surface area contributed by atoms with Gasteiger partial charge in [0.05, 0.1) is 29.8 Å². The summed E-state index contributed by atoms with van der Waals surface area (Å²) in [7, 11) is 3.25. The summed E-state index contributed by atoms with van der Waals surface area (Å²) in [5.74, 6) is 1.76. The second kappa shape index (κ2) is 20.4. The molecule has 58 heavy (non-hydrogen) atoms. The highest BCUT2D eigenvalue weighted by molar-refractivity contribution is 6.31. The highest BCUT2D eigenvalue weighted by atomic mass is 35.5. The third kappa shape index (κ3) is 11.4. The number of halogens is 1. The van der Waals surface area contributed by atoms with Crippen LogP contribution in [-0.4, -0.2) is 115 Å². The quantitative estimate of drug-likeness (QED) is 0.284. The number of aromatic nitrogens is 3. The highest BCUT2D eigenvalue weighted by Crippen LogP contribution is 2.25. The van der Waals surface area contributed by atoms with Crippen LogP contribution in [0.3, 0.4) is 0 Å². The monoisotopic (exact) mass is 810 g/mol.